The van der Waals surface area contributed by atoms with Crippen LogP contribution in [0, 0.1) is 11.3 Å². The monoisotopic (exact) mass is 612 g/mol. The van der Waals surface area contributed by atoms with Crippen LogP contribution in [0.2, 0.25) is 0 Å². The molecule has 0 saturated heterocycles. The third kappa shape index (κ3) is 4.48. The van der Waals surface area contributed by atoms with E-state index in [2.05, 4.69) is 163 Å². The number of rotatable bonds is 4. The molecule has 0 spiro atoms. The SMILES string of the molecule is CC1c2ccc(-c3ccc4c5ccccc5n(-c5ccc(-c6cccc(C#N)c6)cc5)c4c3)cc2-c2ccccc2C1c1ccccc1. The molecule has 0 radical (unpaired) electrons. The van der Waals surface area contributed by atoms with Crippen LogP contribution in [0.1, 0.15) is 41.0 Å². The molecule has 0 amide bonds. The van der Waals surface area contributed by atoms with Crippen molar-refractivity contribution in [3.8, 4) is 45.1 Å². The van der Waals surface area contributed by atoms with E-state index in [1.165, 1.54) is 60.8 Å². The maximum atomic E-state index is 9.40. The van der Waals surface area contributed by atoms with Crippen LogP contribution in [-0.4, -0.2) is 4.57 Å². The van der Waals surface area contributed by atoms with Gasteiger partial charge in [0.1, 0.15) is 0 Å². The van der Waals surface area contributed by atoms with E-state index in [4.69, 9.17) is 0 Å². The largest absolute Gasteiger partial charge is 0.309 e. The van der Waals surface area contributed by atoms with Crippen LogP contribution in [0.3, 0.4) is 0 Å². The Hall–Kier alpha value is -6.17. The summed E-state index contributed by atoms with van der Waals surface area (Å²) >= 11 is 0. The van der Waals surface area contributed by atoms with Crippen molar-refractivity contribution in [1.29, 1.82) is 5.26 Å². The molecule has 1 aliphatic carbocycles. The minimum Gasteiger partial charge on any atom is -0.309 e. The van der Waals surface area contributed by atoms with Crippen molar-refractivity contribution in [1.82, 2.24) is 4.57 Å². The maximum Gasteiger partial charge on any atom is 0.0991 e. The highest BCUT2D eigenvalue weighted by molar-refractivity contribution is 6.10. The van der Waals surface area contributed by atoms with E-state index in [9.17, 15) is 5.26 Å². The van der Waals surface area contributed by atoms with Crippen molar-refractivity contribution in [3.63, 3.8) is 0 Å². The first-order valence-corrected chi connectivity index (χ1v) is 16.6. The Morgan fingerprint density at radius 3 is 2.04 bits per heavy atom. The van der Waals surface area contributed by atoms with Gasteiger partial charge in [-0.3, -0.25) is 0 Å². The zero-order valence-electron chi connectivity index (χ0n) is 26.6. The van der Waals surface area contributed by atoms with Crippen LogP contribution in [0.4, 0.5) is 0 Å². The summed E-state index contributed by atoms with van der Waals surface area (Å²) in [6, 6.07) is 61.3. The molecule has 0 fully saturated rings. The molecule has 2 atom stereocenters. The first-order chi connectivity index (χ1) is 23.7. The molecule has 48 heavy (non-hydrogen) atoms. The number of nitrogens with zero attached hydrogens (tertiary/aromatic N) is 2. The van der Waals surface area contributed by atoms with Gasteiger partial charge in [-0.1, -0.05) is 128 Å². The Balaban J connectivity index is 1.17. The van der Waals surface area contributed by atoms with Gasteiger partial charge in [0, 0.05) is 22.4 Å². The molecule has 0 N–H and O–H groups in total. The molecule has 0 saturated carbocycles. The van der Waals surface area contributed by atoms with E-state index in [1.807, 2.05) is 18.2 Å². The minimum atomic E-state index is 0.328. The van der Waals surface area contributed by atoms with Crippen molar-refractivity contribution in [3.05, 3.63) is 186 Å². The van der Waals surface area contributed by atoms with E-state index in [-0.39, 0.29) is 0 Å². The summed E-state index contributed by atoms with van der Waals surface area (Å²) in [6.07, 6.45) is 0. The van der Waals surface area contributed by atoms with Crippen molar-refractivity contribution >= 4 is 21.8 Å². The van der Waals surface area contributed by atoms with Gasteiger partial charge in [0.05, 0.1) is 22.7 Å². The molecule has 0 aliphatic heterocycles. The van der Waals surface area contributed by atoms with E-state index in [0.717, 1.165) is 16.8 Å². The zero-order chi connectivity index (χ0) is 32.2. The highest BCUT2D eigenvalue weighted by Gasteiger charge is 2.32. The molecule has 2 unspecified atom stereocenters. The number of hydrogen-bond donors (Lipinski definition) is 0. The van der Waals surface area contributed by atoms with E-state index in [1.54, 1.807) is 0 Å². The van der Waals surface area contributed by atoms with E-state index in [0.29, 0.717) is 17.4 Å². The number of nitriles is 1. The Bertz CT molecular complexity index is 2530. The Morgan fingerprint density at radius 2 is 1.19 bits per heavy atom. The first kappa shape index (κ1) is 28.1. The second kappa shape index (κ2) is 11.3. The zero-order valence-corrected chi connectivity index (χ0v) is 26.6. The van der Waals surface area contributed by atoms with Gasteiger partial charge in [0.2, 0.25) is 0 Å². The molecule has 1 aromatic heterocycles. The number of fused-ring (bicyclic) bond motifs is 6. The lowest BCUT2D eigenvalue weighted by molar-refractivity contribution is 0.649. The second-order valence-corrected chi connectivity index (χ2v) is 12.9. The topological polar surface area (TPSA) is 28.7 Å². The molecular formula is C46H32N2. The second-order valence-electron chi connectivity index (χ2n) is 12.9. The smallest absolute Gasteiger partial charge is 0.0991 e. The lowest BCUT2D eigenvalue weighted by Crippen LogP contribution is -2.16. The summed E-state index contributed by atoms with van der Waals surface area (Å²) in [6.45, 7) is 2.38. The Morgan fingerprint density at radius 1 is 0.500 bits per heavy atom. The van der Waals surface area contributed by atoms with E-state index >= 15 is 0 Å². The number of hydrogen-bond acceptors (Lipinski definition) is 1. The summed E-state index contributed by atoms with van der Waals surface area (Å²) in [5.74, 6) is 0.691. The molecule has 8 aromatic rings. The summed E-state index contributed by atoms with van der Waals surface area (Å²) in [5, 5.41) is 11.9. The highest BCUT2D eigenvalue weighted by atomic mass is 15.0. The Kier molecular flexibility index (Phi) is 6.59. The molecule has 1 aliphatic rings. The lowest BCUT2D eigenvalue weighted by atomic mass is 9.69. The fourth-order valence-corrected chi connectivity index (χ4v) is 7.96. The number of aromatic nitrogens is 1. The fourth-order valence-electron chi connectivity index (χ4n) is 7.96. The van der Waals surface area contributed by atoms with Crippen LogP contribution in [0.25, 0.3) is 60.9 Å². The molecule has 7 aromatic carbocycles. The van der Waals surface area contributed by atoms with Crippen molar-refractivity contribution in [2.24, 2.45) is 0 Å². The maximum absolute atomic E-state index is 9.40. The van der Waals surface area contributed by atoms with Gasteiger partial charge < -0.3 is 4.57 Å². The molecule has 226 valence electrons. The summed E-state index contributed by atoms with van der Waals surface area (Å²) in [7, 11) is 0. The average Bonchev–Trinajstić information content (AvgIpc) is 3.49. The quantitative estimate of drug-likeness (QED) is 0.194. The van der Waals surface area contributed by atoms with Crippen LogP contribution in [-0.2, 0) is 0 Å². The Labute approximate surface area is 280 Å². The predicted molar refractivity (Wildman–Crippen MR) is 199 cm³/mol. The third-order valence-corrected chi connectivity index (χ3v) is 10.2. The lowest BCUT2D eigenvalue weighted by Gasteiger charge is -2.34. The molecule has 2 heteroatoms. The normalized spacial score (nSPS) is 15.2. The molecule has 9 rings (SSSR count). The molecule has 0 bridgehead atoms. The van der Waals surface area contributed by atoms with Gasteiger partial charge in [0.25, 0.3) is 0 Å². The summed E-state index contributed by atoms with van der Waals surface area (Å²) < 4.78 is 2.38. The number of benzene rings is 7. The average molecular weight is 613 g/mol. The van der Waals surface area contributed by atoms with Gasteiger partial charge in [0.15, 0.2) is 0 Å². The van der Waals surface area contributed by atoms with Crippen molar-refractivity contribution in [2.75, 3.05) is 0 Å². The standard InChI is InChI=1S/C46H32N2/c1-30-38-24-20-35(27-43(38)39-14-5-6-16-42(39)46(30)33-11-3-2-4-12-33)36-21-25-41-40-15-7-8-17-44(40)48(45(41)28-36)37-22-18-32(19-23-37)34-13-9-10-31(26-34)29-47/h2-28,30,46H,1H3. The number of para-hydroxylation sites is 1. The van der Waals surface area contributed by atoms with Crippen LogP contribution in [0.5, 0.6) is 0 Å². The summed E-state index contributed by atoms with van der Waals surface area (Å²) in [4.78, 5) is 0. The highest BCUT2D eigenvalue weighted by Crippen LogP contribution is 2.50. The summed E-state index contributed by atoms with van der Waals surface area (Å²) in [5.41, 5.74) is 15.6. The third-order valence-electron chi connectivity index (χ3n) is 10.2. The predicted octanol–water partition coefficient (Wildman–Crippen LogP) is 11.9. The molecule has 1 heterocycles. The minimum absolute atomic E-state index is 0.328. The first-order valence-electron chi connectivity index (χ1n) is 16.6. The van der Waals surface area contributed by atoms with Gasteiger partial charge >= 0.3 is 0 Å². The van der Waals surface area contributed by atoms with Crippen LogP contribution in [0.15, 0.2) is 164 Å². The van der Waals surface area contributed by atoms with Crippen molar-refractivity contribution in [2.45, 2.75) is 18.8 Å². The van der Waals surface area contributed by atoms with E-state index < -0.39 is 0 Å². The van der Waals surface area contributed by atoms with Gasteiger partial charge in [-0.25, -0.2) is 0 Å². The van der Waals surface area contributed by atoms with Gasteiger partial charge in [-0.05, 0) is 98.5 Å². The molecular weight excluding hydrogens is 581 g/mol. The van der Waals surface area contributed by atoms with Crippen LogP contribution < -0.4 is 0 Å². The molecule has 2 nitrogen and oxygen atoms in total. The fraction of sp³-hybridized carbons (Fsp3) is 0.0652. The van der Waals surface area contributed by atoms with Crippen molar-refractivity contribution < 1.29 is 0 Å². The van der Waals surface area contributed by atoms with Crippen LogP contribution >= 0.6 is 0 Å². The van der Waals surface area contributed by atoms with Gasteiger partial charge in [-0.2, -0.15) is 5.26 Å². The van der Waals surface area contributed by atoms with Gasteiger partial charge in [-0.15, -0.1) is 0 Å².